The second kappa shape index (κ2) is 6.60. The molecule has 1 unspecified atom stereocenters. The topological polar surface area (TPSA) is 36.4 Å². The molecule has 1 aromatic rings. The van der Waals surface area contributed by atoms with Crippen LogP contribution in [0.1, 0.15) is 43.4 Å². The zero-order valence-corrected chi connectivity index (χ0v) is 12.2. The number of nitrogens with zero attached hydrogens (tertiary/aromatic N) is 1. The van der Waals surface area contributed by atoms with Crippen molar-refractivity contribution >= 4 is 5.96 Å². The third-order valence-corrected chi connectivity index (χ3v) is 3.77. The summed E-state index contributed by atoms with van der Waals surface area (Å²) in [7, 11) is 1.83. The van der Waals surface area contributed by atoms with E-state index in [9.17, 15) is 0 Å². The molecule has 0 saturated heterocycles. The maximum absolute atomic E-state index is 4.29. The molecule has 2 N–H and O–H groups in total. The van der Waals surface area contributed by atoms with E-state index >= 15 is 0 Å². The highest BCUT2D eigenvalue weighted by atomic mass is 15.2. The number of hydrogen-bond acceptors (Lipinski definition) is 1. The van der Waals surface area contributed by atoms with Crippen molar-refractivity contribution < 1.29 is 0 Å². The van der Waals surface area contributed by atoms with Crippen LogP contribution in [0.3, 0.4) is 0 Å². The Balaban J connectivity index is 1.84. The molecule has 3 nitrogen and oxygen atoms in total. The van der Waals surface area contributed by atoms with Gasteiger partial charge in [-0.25, -0.2) is 0 Å². The molecule has 3 heteroatoms. The molecule has 0 heterocycles. The summed E-state index contributed by atoms with van der Waals surface area (Å²) in [4.78, 5) is 4.29. The van der Waals surface area contributed by atoms with Gasteiger partial charge in [0.25, 0.3) is 0 Å². The Hall–Kier alpha value is -1.51. The van der Waals surface area contributed by atoms with E-state index in [-0.39, 0.29) is 6.04 Å². The number of guanidine groups is 1. The summed E-state index contributed by atoms with van der Waals surface area (Å²) >= 11 is 0. The van der Waals surface area contributed by atoms with E-state index in [2.05, 4.69) is 53.7 Å². The summed E-state index contributed by atoms with van der Waals surface area (Å²) < 4.78 is 0. The SMILES string of the molecule is CN=C(NCCC1CC1)NC(C)c1ccccc1C. The average molecular weight is 259 g/mol. The number of rotatable bonds is 5. The summed E-state index contributed by atoms with van der Waals surface area (Å²) in [6, 6.07) is 8.76. The number of aliphatic imine (C=N–C) groups is 1. The lowest BCUT2D eigenvalue weighted by Gasteiger charge is -2.19. The van der Waals surface area contributed by atoms with E-state index < -0.39 is 0 Å². The first-order chi connectivity index (χ1) is 9.20. The Morgan fingerprint density at radius 1 is 1.37 bits per heavy atom. The quantitative estimate of drug-likeness (QED) is 0.630. The van der Waals surface area contributed by atoms with Gasteiger partial charge in [0.2, 0.25) is 0 Å². The van der Waals surface area contributed by atoms with Crippen molar-refractivity contribution in [2.24, 2.45) is 10.9 Å². The van der Waals surface area contributed by atoms with Crippen LogP contribution in [0.15, 0.2) is 29.3 Å². The second-order valence-corrected chi connectivity index (χ2v) is 5.45. The highest BCUT2D eigenvalue weighted by Crippen LogP contribution is 2.31. The summed E-state index contributed by atoms with van der Waals surface area (Å²) in [5.41, 5.74) is 2.64. The summed E-state index contributed by atoms with van der Waals surface area (Å²) in [6.07, 6.45) is 4.08. The first-order valence-electron chi connectivity index (χ1n) is 7.23. The van der Waals surface area contributed by atoms with Crippen molar-refractivity contribution in [3.05, 3.63) is 35.4 Å². The van der Waals surface area contributed by atoms with Crippen molar-refractivity contribution in [2.45, 2.75) is 39.2 Å². The predicted molar refractivity (Wildman–Crippen MR) is 81.4 cm³/mol. The van der Waals surface area contributed by atoms with E-state index in [1.54, 1.807) is 0 Å². The van der Waals surface area contributed by atoms with Gasteiger partial charge < -0.3 is 10.6 Å². The lowest BCUT2D eigenvalue weighted by Crippen LogP contribution is -2.39. The molecular formula is C16H25N3. The predicted octanol–water partition coefficient (Wildman–Crippen LogP) is 3.02. The standard InChI is InChI=1S/C16H25N3/c1-12-6-4-5-7-15(12)13(2)19-16(17-3)18-11-10-14-8-9-14/h4-7,13-14H,8-11H2,1-3H3,(H2,17,18,19). The third kappa shape index (κ3) is 4.27. The molecule has 104 valence electrons. The van der Waals surface area contributed by atoms with Crippen LogP contribution in [0.25, 0.3) is 0 Å². The van der Waals surface area contributed by atoms with Crippen molar-refractivity contribution in [1.82, 2.24) is 10.6 Å². The number of benzene rings is 1. The normalized spacial score (nSPS) is 17.1. The largest absolute Gasteiger partial charge is 0.356 e. The Morgan fingerprint density at radius 2 is 2.11 bits per heavy atom. The first-order valence-corrected chi connectivity index (χ1v) is 7.23. The van der Waals surface area contributed by atoms with Gasteiger partial charge in [0.1, 0.15) is 0 Å². The molecule has 1 fully saturated rings. The van der Waals surface area contributed by atoms with Gasteiger partial charge in [-0.1, -0.05) is 37.1 Å². The number of aryl methyl sites for hydroxylation is 1. The van der Waals surface area contributed by atoms with E-state index in [0.717, 1.165) is 18.4 Å². The maximum Gasteiger partial charge on any atom is 0.191 e. The van der Waals surface area contributed by atoms with Crippen LogP contribution in [-0.2, 0) is 0 Å². The van der Waals surface area contributed by atoms with Gasteiger partial charge in [-0.05, 0) is 37.3 Å². The summed E-state index contributed by atoms with van der Waals surface area (Å²) in [5, 5.41) is 6.86. The van der Waals surface area contributed by atoms with Gasteiger partial charge in [-0.3, -0.25) is 4.99 Å². The van der Waals surface area contributed by atoms with Crippen molar-refractivity contribution in [2.75, 3.05) is 13.6 Å². The fraction of sp³-hybridized carbons (Fsp3) is 0.562. The Morgan fingerprint density at radius 3 is 2.74 bits per heavy atom. The van der Waals surface area contributed by atoms with Crippen molar-refractivity contribution in [3.63, 3.8) is 0 Å². The van der Waals surface area contributed by atoms with Crippen LogP contribution >= 0.6 is 0 Å². The van der Waals surface area contributed by atoms with Gasteiger partial charge in [-0.2, -0.15) is 0 Å². The van der Waals surface area contributed by atoms with Crippen LogP contribution in [0.5, 0.6) is 0 Å². The highest BCUT2D eigenvalue weighted by Gasteiger charge is 2.20. The molecule has 0 radical (unpaired) electrons. The molecule has 1 atom stereocenters. The Kier molecular flexibility index (Phi) is 4.83. The molecule has 0 spiro atoms. The fourth-order valence-corrected chi connectivity index (χ4v) is 2.35. The van der Waals surface area contributed by atoms with E-state index in [1.807, 2.05) is 7.05 Å². The Labute approximate surface area is 116 Å². The minimum absolute atomic E-state index is 0.272. The summed E-state index contributed by atoms with van der Waals surface area (Å²) in [5.74, 6) is 1.86. The lowest BCUT2D eigenvalue weighted by molar-refractivity contribution is 0.652. The summed E-state index contributed by atoms with van der Waals surface area (Å²) in [6.45, 7) is 5.34. The van der Waals surface area contributed by atoms with Crippen LogP contribution in [0.4, 0.5) is 0 Å². The van der Waals surface area contributed by atoms with Crippen LogP contribution in [0, 0.1) is 12.8 Å². The highest BCUT2D eigenvalue weighted by molar-refractivity contribution is 5.80. The van der Waals surface area contributed by atoms with Crippen LogP contribution < -0.4 is 10.6 Å². The van der Waals surface area contributed by atoms with E-state index in [1.165, 1.54) is 30.4 Å². The fourth-order valence-electron chi connectivity index (χ4n) is 2.35. The minimum Gasteiger partial charge on any atom is -0.356 e. The molecule has 0 bridgehead atoms. The smallest absolute Gasteiger partial charge is 0.191 e. The van der Waals surface area contributed by atoms with Crippen LogP contribution in [0.2, 0.25) is 0 Å². The van der Waals surface area contributed by atoms with Gasteiger partial charge >= 0.3 is 0 Å². The van der Waals surface area contributed by atoms with Crippen molar-refractivity contribution in [1.29, 1.82) is 0 Å². The average Bonchev–Trinajstić information content (AvgIpc) is 3.22. The van der Waals surface area contributed by atoms with E-state index in [4.69, 9.17) is 0 Å². The first kappa shape index (κ1) is 13.9. The van der Waals surface area contributed by atoms with Gasteiger partial charge in [0.05, 0.1) is 6.04 Å². The minimum atomic E-state index is 0.272. The van der Waals surface area contributed by atoms with Gasteiger partial charge in [0, 0.05) is 13.6 Å². The maximum atomic E-state index is 4.29. The molecule has 19 heavy (non-hydrogen) atoms. The van der Waals surface area contributed by atoms with Crippen molar-refractivity contribution in [3.8, 4) is 0 Å². The zero-order valence-electron chi connectivity index (χ0n) is 12.2. The molecule has 0 aliphatic heterocycles. The van der Waals surface area contributed by atoms with Gasteiger partial charge in [0.15, 0.2) is 5.96 Å². The Bertz CT molecular complexity index is 435. The second-order valence-electron chi connectivity index (χ2n) is 5.45. The molecule has 1 aromatic carbocycles. The van der Waals surface area contributed by atoms with Gasteiger partial charge in [-0.15, -0.1) is 0 Å². The monoisotopic (exact) mass is 259 g/mol. The molecule has 1 saturated carbocycles. The molecular weight excluding hydrogens is 234 g/mol. The zero-order chi connectivity index (χ0) is 13.7. The lowest BCUT2D eigenvalue weighted by atomic mass is 10.0. The molecule has 1 aliphatic carbocycles. The van der Waals surface area contributed by atoms with Crippen LogP contribution in [-0.4, -0.2) is 19.6 Å². The third-order valence-electron chi connectivity index (χ3n) is 3.77. The molecule has 2 rings (SSSR count). The number of nitrogens with one attached hydrogen (secondary N) is 2. The van der Waals surface area contributed by atoms with E-state index in [0.29, 0.717) is 0 Å². The molecule has 1 aliphatic rings. The molecule has 0 aromatic heterocycles. The number of hydrogen-bond donors (Lipinski definition) is 2. The molecule has 0 amide bonds.